The van der Waals surface area contributed by atoms with E-state index in [-0.39, 0.29) is 0 Å². The van der Waals surface area contributed by atoms with E-state index >= 15 is 0 Å². The molecule has 0 heterocycles. The predicted octanol–water partition coefficient (Wildman–Crippen LogP) is 1.26. The minimum atomic E-state index is -1.98. The highest BCUT2D eigenvalue weighted by atomic mass is 16.5. The van der Waals surface area contributed by atoms with Gasteiger partial charge in [0.1, 0.15) is 0 Å². The summed E-state index contributed by atoms with van der Waals surface area (Å²) >= 11 is 0. The van der Waals surface area contributed by atoms with E-state index in [0.717, 1.165) is 7.11 Å². The molecular weight excluding hydrogens is 184 g/mol. The molecular formula is C10H10O4. The van der Waals surface area contributed by atoms with Crippen LogP contribution in [0.15, 0.2) is 24.2 Å². The zero-order chi connectivity index (χ0) is 15.6. The first-order chi connectivity index (χ1) is 9.22. The fourth-order valence-corrected chi connectivity index (χ4v) is 0.709. The molecule has 0 spiro atoms. The molecule has 0 saturated carbocycles. The lowest BCUT2D eigenvalue weighted by Gasteiger charge is -2.01. The molecule has 4 nitrogen and oxygen atoms in total. The maximum Gasteiger partial charge on any atom is 0.337 e. The molecule has 0 saturated heterocycles. The van der Waals surface area contributed by atoms with Crippen molar-refractivity contribution in [3.05, 3.63) is 35.3 Å². The Morgan fingerprint density at radius 1 is 1.29 bits per heavy atom. The zero-order valence-electron chi connectivity index (χ0n) is 13.2. The summed E-state index contributed by atoms with van der Waals surface area (Å²) in [6.07, 6.45) is 0. The van der Waals surface area contributed by atoms with Gasteiger partial charge in [-0.1, -0.05) is 6.04 Å². The summed E-state index contributed by atoms with van der Waals surface area (Å²) < 4.78 is 52.4. The van der Waals surface area contributed by atoms with Crippen molar-refractivity contribution in [1.82, 2.24) is 0 Å². The van der Waals surface area contributed by atoms with Crippen LogP contribution < -0.4 is 0 Å². The van der Waals surface area contributed by atoms with Crippen LogP contribution in [0.25, 0.3) is 0 Å². The Hall–Kier alpha value is -1.84. The van der Waals surface area contributed by atoms with Crippen molar-refractivity contribution in [1.29, 1.82) is 0 Å². The molecule has 1 rings (SSSR count). The number of carbonyl (C=O) groups is 2. The van der Waals surface area contributed by atoms with Crippen LogP contribution in [0.2, 0.25) is 0 Å². The second kappa shape index (κ2) is 4.41. The van der Waals surface area contributed by atoms with Crippen LogP contribution in [0, 0.1) is 0 Å². The van der Waals surface area contributed by atoms with Gasteiger partial charge < -0.3 is 9.47 Å². The van der Waals surface area contributed by atoms with Gasteiger partial charge >= 0.3 is 11.9 Å². The van der Waals surface area contributed by atoms with E-state index in [9.17, 15) is 9.59 Å². The molecule has 0 amide bonds. The molecule has 0 radical (unpaired) electrons. The fraction of sp³-hybridized carbons (Fsp3) is 0.200. The van der Waals surface area contributed by atoms with Crippen LogP contribution in [0.4, 0.5) is 0 Å². The van der Waals surface area contributed by atoms with E-state index in [0.29, 0.717) is 0 Å². The van der Waals surface area contributed by atoms with Gasteiger partial charge in [0.15, 0.2) is 0 Å². The third kappa shape index (κ3) is 2.10. The summed E-state index contributed by atoms with van der Waals surface area (Å²) in [7, 11) is -0.978. The standard InChI is InChI=1S/C10H10O4/c1-13-9(11)7-4-3-5-8(6-7)10(12)14-2/h3-6H,1-2H3/i1D2,3D,4D,5D,6D. The molecule has 74 valence electrons. The number of hydrogen-bond donors (Lipinski definition) is 0. The Kier molecular flexibility index (Phi) is 1.45. The summed E-state index contributed by atoms with van der Waals surface area (Å²) in [5, 5.41) is 0. The highest BCUT2D eigenvalue weighted by molar-refractivity contribution is 5.95. The quantitative estimate of drug-likeness (QED) is 0.674. The number of ether oxygens (including phenoxy) is 2. The van der Waals surface area contributed by atoms with E-state index in [4.69, 9.17) is 8.22 Å². The topological polar surface area (TPSA) is 52.6 Å². The van der Waals surface area contributed by atoms with Crippen LogP contribution in [-0.2, 0) is 9.47 Å². The number of methoxy groups -OCH3 is 2. The Morgan fingerprint density at radius 2 is 1.86 bits per heavy atom. The SMILES string of the molecule is [2H]c1c([2H])c(C(=O)OC)c([2H])c(C(=O)OC([2H])[2H])c1[2H]. The van der Waals surface area contributed by atoms with Crippen LogP contribution in [0.1, 0.15) is 28.9 Å². The number of benzene rings is 1. The Balaban J connectivity index is 3.57. The van der Waals surface area contributed by atoms with Gasteiger partial charge in [-0.05, 0) is 18.1 Å². The molecule has 0 fully saturated rings. The first kappa shape index (κ1) is 4.59. The van der Waals surface area contributed by atoms with Crippen LogP contribution >= 0.6 is 0 Å². The lowest BCUT2D eigenvalue weighted by Crippen LogP contribution is -2.05. The molecule has 0 aliphatic carbocycles. The third-order valence-corrected chi connectivity index (χ3v) is 1.33. The van der Waals surface area contributed by atoms with Gasteiger partial charge in [-0.3, -0.25) is 0 Å². The highest BCUT2D eigenvalue weighted by Gasteiger charge is 2.09. The van der Waals surface area contributed by atoms with Gasteiger partial charge in [0, 0.05) is 0 Å². The van der Waals surface area contributed by atoms with Crippen molar-refractivity contribution in [3.63, 3.8) is 0 Å². The van der Waals surface area contributed by atoms with E-state index in [1.807, 2.05) is 0 Å². The van der Waals surface area contributed by atoms with E-state index in [2.05, 4.69) is 9.47 Å². The molecule has 0 atom stereocenters. The summed E-state index contributed by atoms with van der Waals surface area (Å²) in [6.45, 7) is 0. The second-order valence-electron chi connectivity index (χ2n) is 2.15. The maximum absolute atomic E-state index is 11.6. The molecule has 0 aromatic heterocycles. The summed E-state index contributed by atoms with van der Waals surface area (Å²) in [6, 6.07) is -3.04. The number of carbonyl (C=O) groups excluding carboxylic acids is 2. The van der Waals surface area contributed by atoms with E-state index in [1.165, 1.54) is 0 Å². The van der Waals surface area contributed by atoms with Crippen LogP contribution in [0.3, 0.4) is 0 Å². The van der Waals surface area contributed by atoms with Gasteiger partial charge in [0.2, 0.25) is 0 Å². The summed E-state index contributed by atoms with van der Waals surface area (Å²) in [5.41, 5.74) is -1.40. The van der Waals surface area contributed by atoms with Crippen molar-refractivity contribution in [2.24, 2.45) is 0 Å². The monoisotopic (exact) mass is 200 g/mol. The average molecular weight is 200 g/mol. The molecule has 0 aliphatic heterocycles. The zero-order valence-corrected chi connectivity index (χ0v) is 7.21. The van der Waals surface area contributed by atoms with Gasteiger partial charge in [0.05, 0.1) is 33.5 Å². The van der Waals surface area contributed by atoms with Crippen molar-refractivity contribution >= 4 is 11.9 Å². The molecule has 0 bridgehead atoms. The van der Waals surface area contributed by atoms with Gasteiger partial charge in [-0.2, -0.15) is 0 Å². The third-order valence-electron chi connectivity index (χ3n) is 1.33. The average Bonchev–Trinajstić information content (AvgIpc) is 2.35. The highest BCUT2D eigenvalue weighted by Crippen LogP contribution is 2.07. The minimum Gasteiger partial charge on any atom is -0.465 e. The number of rotatable bonds is 2. The molecule has 0 N–H and O–H groups in total. The van der Waals surface area contributed by atoms with Crippen LogP contribution in [0.5, 0.6) is 0 Å². The fourth-order valence-electron chi connectivity index (χ4n) is 0.709. The normalized spacial score (nSPS) is 15.6. The summed E-state index contributed by atoms with van der Waals surface area (Å²) in [5.74, 6) is -2.45. The molecule has 1 aromatic carbocycles. The molecule has 0 aliphatic rings. The van der Waals surface area contributed by atoms with E-state index < -0.39 is 54.3 Å². The first-order valence-corrected chi connectivity index (χ1v) is 3.46. The number of esters is 2. The summed E-state index contributed by atoms with van der Waals surface area (Å²) in [4.78, 5) is 23.1. The second-order valence-corrected chi connectivity index (χ2v) is 2.15. The first-order valence-electron chi connectivity index (χ1n) is 6.62. The van der Waals surface area contributed by atoms with Crippen molar-refractivity contribution < 1.29 is 27.3 Å². The minimum absolute atomic E-state index is 0.646. The van der Waals surface area contributed by atoms with Crippen molar-refractivity contribution in [2.75, 3.05) is 14.2 Å². The van der Waals surface area contributed by atoms with Gasteiger partial charge in [0.25, 0.3) is 0 Å². The van der Waals surface area contributed by atoms with Crippen molar-refractivity contribution in [2.45, 2.75) is 0 Å². The Bertz CT molecular complexity index is 572. The van der Waals surface area contributed by atoms with E-state index in [1.54, 1.807) is 0 Å². The molecule has 14 heavy (non-hydrogen) atoms. The Labute approximate surface area is 89.9 Å². The largest absolute Gasteiger partial charge is 0.465 e. The van der Waals surface area contributed by atoms with Gasteiger partial charge in [-0.25, -0.2) is 9.59 Å². The molecule has 0 unspecified atom stereocenters. The lowest BCUT2D eigenvalue weighted by molar-refractivity contribution is 0.0599. The van der Waals surface area contributed by atoms with Gasteiger partial charge in [-0.15, -0.1) is 0 Å². The maximum atomic E-state index is 11.6. The van der Waals surface area contributed by atoms with Crippen molar-refractivity contribution in [3.8, 4) is 0 Å². The Morgan fingerprint density at radius 3 is 2.36 bits per heavy atom. The number of hydrogen-bond acceptors (Lipinski definition) is 4. The lowest BCUT2D eigenvalue weighted by atomic mass is 10.1. The molecule has 4 heteroatoms. The smallest absolute Gasteiger partial charge is 0.337 e. The molecule has 1 aromatic rings. The van der Waals surface area contributed by atoms with Crippen LogP contribution in [-0.4, -0.2) is 26.1 Å². The predicted molar refractivity (Wildman–Crippen MR) is 49.1 cm³/mol.